The number of nitrogens with zero attached hydrogens (tertiary/aromatic N) is 1. The van der Waals surface area contributed by atoms with Crippen LogP contribution in [-0.4, -0.2) is 37.1 Å². The minimum atomic E-state index is 0.718. The third-order valence-corrected chi connectivity index (χ3v) is 5.08. The van der Waals surface area contributed by atoms with Gasteiger partial charge in [-0.05, 0) is 56.5 Å². The van der Waals surface area contributed by atoms with Crippen molar-refractivity contribution in [3.63, 3.8) is 0 Å². The Morgan fingerprint density at radius 1 is 1.27 bits per heavy atom. The van der Waals surface area contributed by atoms with Gasteiger partial charge in [-0.15, -0.1) is 0 Å². The van der Waals surface area contributed by atoms with Crippen LogP contribution in [0.5, 0.6) is 0 Å². The number of hydrogen-bond donors (Lipinski definition) is 1. The minimum Gasteiger partial charge on any atom is -0.313 e. The zero-order chi connectivity index (χ0) is 10.3. The first-order valence-corrected chi connectivity index (χ1v) is 6.77. The van der Waals surface area contributed by atoms with Crippen LogP contribution in [0.3, 0.4) is 0 Å². The Morgan fingerprint density at radius 2 is 2.07 bits per heavy atom. The number of rotatable bonds is 4. The first-order chi connectivity index (χ1) is 7.31. The Kier molecular flexibility index (Phi) is 2.52. The standard InChI is InChI=1S/C13H24N2/c1-2-13(5-6-13)10-14-12-4-8-15-7-3-11(12)9-15/h11-12,14H,2-10H2,1H3. The molecule has 3 rings (SSSR count). The minimum absolute atomic E-state index is 0.718. The van der Waals surface area contributed by atoms with E-state index in [4.69, 9.17) is 0 Å². The summed E-state index contributed by atoms with van der Waals surface area (Å²) >= 11 is 0. The summed E-state index contributed by atoms with van der Waals surface area (Å²) in [6.07, 6.45) is 7.16. The van der Waals surface area contributed by atoms with Crippen LogP contribution in [0, 0.1) is 11.3 Å². The highest BCUT2D eigenvalue weighted by Crippen LogP contribution is 2.48. The van der Waals surface area contributed by atoms with Crippen molar-refractivity contribution in [3.8, 4) is 0 Å². The van der Waals surface area contributed by atoms with E-state index in [1.807, 2.05) is 0 Å². The summed E-state index contributed by atoms with van der Waals surface area (Å²) < 4.78 is 0. The molecule has 3 unspecified atom stereocenters. The lowest BCUT2D eigenvalue weighted by Gasteiger charge is -2.32. The van der Waals surface area contributed by atoms with Gasteiger partial charge in [0.15, 0.2) is 0 Å². The highest BCUT2D eigenvalue weighted by atomic mass is 15.2. The molecule has 3 fully saturated rings. The van der Waals surface area contributed by atoms with Crippen molar-refractivity contribution in [3.05, 3.63) is 0 Å². The molecular formula is C13H24N2. The van der Waals surface area contributed by atoms with Gasteiger partial charge in [-0.2, -0.15) is 0 Å². The first-order valence-electron chi connectivity index (χ1n) is 6.77. The molecule has 1 N–H and O–H groups in total. The molecule has 2 nitrogen and oxygen atoms in total. The molecule has 0 aromatic carbocycles. The highest BCUT2D eigenvalue weighted by Gasteiger charge is 2.42. The lowest BCUT2D eigenvalue weighted by molar-refractivity contribution is 0.213. The van der Waals surface area contributed by atoms with E-state index in [-0.39, 0.29) is 0 Å². The third kappa shape index (κ3) is 1.94. The summed E-state index contributed by atoms with van der Waals surface area (Å²) in [6.45, 7) is 7.73. The number of hydrogen-bond acceptors (Lipinski definition) is 2. The Labute approximate surface area is 93.4 Å². The van der Waals surface area contributed by atoms with Crippen LogP contribution in [-0.2, 0) is 0 Å². The van der Waals surface area contributed by atoms with Crippen LogP contribution in [0.1, 0.15) is 39.0 Å². The first kappa shape index (κ1) is 10.1. The van der Waals surface area contributed by atoms with E-state index in [1.165, 1.54) is 58.3 Å². The van der Waals surface area contributed by atoms with Crippen molar-refractivity contribution in [2.24, 2.45) is 11.3 Å². The van der Waals surface area contributed by atoms with Crippen LogP contribution in [0.4, 0.5) is 0 Å². The molecule has 1 aliphatic carbocycles. The van der Waals surface area contributed by atoms with Crippen molar-refractivity contribution in [2.45, 2.75) is 45.1 Å². The molecule has 0 spiro atoms. The summed E-state index contributed by atoms with van der Waals surface area (Å²) in [7, 11) is 0. The maximum Gasteiger partial charge on any atom is 0.0120 e. The maximum atomic E-state index is 3.88. The second kappa shape index (κ2) is 3.74. The molecule has 1 saturated carbocycles. The molecule has 3 aliphatic rings. The summed E-state index contributed by atoms with van der Waals surface area (Å²) in [5, 5.41) is 3.88. The summed E-state index contributed by atoms with van der Waals surface area (Å²) in [5.74, 6) is 0.964. The Balaban J connectivity index is 1.50. The van der Waals surface area contributed by atoms with Crippen LogP contribution in [0.2, 0.25) is 0 Å². The molecule has 15 heavy (non-hydrogen) atoms. The van der Waals surface area contributed by atoms with E-state index < -0.39 is 0 Å². The molecular weight excluding hydrogens is 184 g/mol. The second-order valence-electron chi connectivity index (χ2n) is 5.98. The van der Waals surface area contributed by atoms with Gasteiger partial charge >= 0.3 is 0 Å². The van der Waals surface area contributed by atoms with Gasteiger partial charge in [0.1, 0.15) is 0 Å². The van der Waals surface area contributed by atoms with Gasteiger partial charge in [0, 0.05) is 19.1 Å². The highest BCUT2D eigenvalue weighted by molar-refractivity contribution is 4.97. The Hall–Kier alpha value is -0.0800. The fourth-order valence-electron chi connectivity index (χ4n) is 3.40. The molecule has 86 valence electrons. The monoisotopic (exact) mass is 208 g/mol. The molecule has 0 radical (unpaired) electrons. The normalized spacial score (nSPS) is 41.8. The fraction of sp³-hybridized carbons (Fsp3) is 1.00. The number of nitrogens with one attached hydrogen (secondary N) is 1. The fourth-order valence-corrected chi connectivity index (χ4v) is 3.40. The van der Waals surface area contributed by atoms with Crippen molar-refractivity contribution in [1.29, 1.82) is 0 Å². The van der Waals surface area contributed by atoms with E-state index in [0.29, 0.717) is 0 Å². The molecule has 2 aliphatic heterocycles. The van der Waals surface area contributed by atoms with Crippen molar-refractivity contribution >= 4 is 0 Å². The van der Waals surface area contributed by atoms with Gasteiger partial charge in [0.05, 0.1) is 0 Å². The molecule has 2 heterocycles. The summed E-state index contributed by atoms with van der Waals surface area (Å²) in [6, 6.07) is 0.841. The van der Waals surface area contributed by atoms with Crippen LogP contribution in [0.25, 0.3) is 0 Å². The molecule has 0 aromatic rings. The third-order valence-electron chi connectivity index (χ3n) is 5.08. The topological polar surface area (TPSA) is 15.3 Å². The SMILES string of the molecule is CCC1(CNC2CCN3CCC2C3)CC1. The average Bonchev–Trinajstić information content (AvgIpc) is 2.96. The Morgan fingerprint density at radius 3 is 2.80 bits per heavy atom. The zero-order valence-corrected chi connectivity index (χ0v) is 9.97. The quantitative estimate of drug-likeness (QED) is 0.758. The molecule has 0 aromatic heterocycles. The van der Waals surface area contributed by atoms with E-state index in [1.54, 1.807) is 0 Å². The molecule has 2 bridgehead atoms. The number of piperidine rings is 1. The average molecular weight is 208 g/mol. The zero-order valence-electron chi connectivity index (χ0n) is 9.97. The van der Waals surface area contributed by atoms with Crippen LogP contribution >= 0.6 is 0 Å². The summed E-state index contributed by atoms with van der Waals surface area (Å²) in [5.41, 5.74) is 0.718. The predicted octanol–water partition coefficient (Wildman–Crippen LogP) is 1.86. The smallest absolute Gasteiger partial charge is 0.0120 e. The lowest BCUT2D eigenvalue weighted by Crippen LogP contribution is -2.45. The molecule has 2 saturated heterocycles. The second-order valence-corrected chi connectivity index (χ2v) is 5.98. The lowest BCUT2D eigenvalue weighted by atomic mass is 9.93. The van der Waals surface area contributed by atoms with Crippen LogP contribution in [0.15, 0.2) is 0 Å². The summed E-state index contributed by atoms with van der Waals surface area (Å²) in [4.78, 5) is 2.63. The van der Waals surface area contributed by atoms with Crippen LogP contribution < -0.4 is 5.32 Å². The maximum absolute atomic E-state index is 3.88. The van der Waals surface area contributed by atoms with Gasteiger partial charge in [-0.1, -0.05) is 6.92 Å². The van der Waals surface area contributed by atoms with E-state index in [0.717, 1.165) is 17.4 Å². The molecule has 2 heteroatoms. The van der Waals surface area contributed by atoms with E-state index in [2.05, 4.69) is 17.1 Å². The van der Waals surface area contributed by atoms with Crippen molar-refractivity contribution in [2.75, 3.05) is 26.2 Å². The predicted molar refractivity (Wildman–Crippen MR) is 62.9 cm³/mol. The van der Waals surface area contributed by atoms with Crippen molar-refractivity contribution < 1.29 is 0 Å². The van der Waals surface area contributed by atoms with Gasteiger partial charge in [-0.25, -0.2) is 0 Å². The molecule has 3 atom stereocenters. The number of fused-ring (bicyclic) bond motifs is 2. The Bertz CT molecular complexity index is 235. The van der Waals surface area contributed by atoms with Gasteiger partial charge in [0.2, 0.25) is 0 Å². The van der Waals surface area contributed by atoms with Gasteiger partial charge in [0.25, 0.3) is 0 Å². The largest absolute Gasteiger partial charge is 0.313 e. The van der Waals surface area contributed by atoms with Gasteiger partial charge in [-0.3, -0.25) is 0 Å². The van der Waals surface area contributed by atoms with E-state index >= 15 is 0 Å². The van der Waals surface area contributed by atoms with E-state index in [9.17, 15) is 0 Å². The van der Waals surface area contributed by atoms with Crippen molar-refractivity contribution in [1.82, 2.24) is 10.2 Å². The van der Waals surface area contributed by atoms with Gasteiger partial charge < -0.3 is 10.2 Å². The molecule has 0 amide bonds.